The molecule has 0 spiro atoms. The Balaban J connectivity index is 2.53. The van der Waals surface area contributed by atoms with Gasteiger partial charge in [0.15, 0.2) is 5.75 Å². The van der Waals surface area contributed by atoms with Crippen LogP contribution >= 0.6 is 0 Å². The van der Waals surface area contributed by atoms with Crippen molar-refractivity contribution >= 4 is 0 Å². The molecule has 0 unspecified atom stereocenters. The molecule has 19 heavy (non-hydrogen) atoms. The lowest BCUT2D eigenvalue weighted by Crippen LogP contribution is -1.95. The Kier molecular flexibility index (Phi) is 3.69. The zero-order valence-electron chi connectivity index (χ0n) is 9.39. The maximum absolute atomic E-state index is 13.6. The molecule has 6 heteroatoms. The molecule has 0 amide bonds. The molecule has 0 saturated heterocycles. The molecule has 0 atom stereocenters. The fourth-order valence-electron chi connectivity index (χ4n) is 1.66. The van der Waals surface area contributed by atoms with E-state index in [4.69, 9.17) is 0 Å². The van der Waals surface area contributed by atoms with Gasteiger partial charge >= 0.3 is 0 Å². The van der Waals surface area contributed by atoms with Gasteiger partial charge in [-0.15, -0.1) is 0 Å². The molecule has 0 aromatic heterocycles. The Morgan fingerprint density at radius 1 is 0.895 bits per heavy atom. The lowest BCUT2D eigenvalue weighted by Gasteiger charge is -2.07. The van der Waals surface area contributed by atoms with Crippen LogP contribution < -0.4 is 4.94 Å². The highest BCUT2D eigenvalue weighted by molar-refractivity contribution is 5.65. The molecule has 2 aromatic rings. The van der Waals surface area contributed by atoms with E-state index in [2.05, 4.69) is 4.94 Å². The van der Waals surface area contributed by atoms with Gasteiger partial charge < -0.3 is 0 Å². The molecule has 0 saturated carbocycles. The summed E-state index contributed by atoms with van der Waals surface area (Å²) < 4.78 is 64.6. The molecule has 0 aliphatic carbocycles. The Hall–Kier alpha value is -2.11. The van der Waals surface area contributed by atoms with Gasteiger partial charge in [-0.1, -0.05) is 0 Å². The summed E-state index contributed by atoms with van der Waals surface area (Å²) in [6.45, 7) is -1.30. The second-order valence-electron chi connectivity index (χ2n) is 3.77. The SMILES string of the molecule is FCc1c(F)cc(-c2ccc(OF)cc2F)cc1F. The predicted molar refractivity (Wildman–Crippen MR) is 58.3 cm³/mol. The van der Waals surface area contributed by atoms with Crippen molar-refractivity contribution < 1.29 is 27.0 Å². The van der Waals surface area contributed by atoms with Crippen LogP contribution in [0.1, 0.15) is 5.56 Å². The van der Waals surface area contributed by atoms with Gasteiger partial charge in [0.05, 0.1) is 5.56 Å². The van der Waals surface area contributed by atoms with Crippen molar-refractivity contribution in [2.45, 2.75) is 6.67 Å². The van der Waals surface area contributed by atoms with Crippen molar-refractivity contribution in [3.63, 3.8) is 0 Å². The average molecular weight is 274 g/mol. The van der Waals surface area contributed by atoms with Gasteiger partial charge in [0.1, 0.15) is 24.1 Å². The first kappa shape index (κ1) is 13.3. The third-order valence-electron chi connectivity index (χ3n) is 2.62. The molecule has 2 rings (SSSR count). The molecule has 0 fully saturated rings. The lowest BCUT2D eigenvalue weighted by molar-refractivity contribution is -0.00652. The second-order valence-corrected chi connectivity index (χ2v) is 3.77. The van der Waals surface area contributed by atoms with Crippen LogP contribution in [0.3, 0.4) is 0 Å². The van der Waals surface area contributed by atoms with Gasteiger partial charge in [0, 0.05) is 16.2 Å². The lowest BCUT2D eigenvalue weighted by atomic mass is 10.0. The minimum atomic E-state index is -1.30. The molecule has 1 nitrogen and oxygen atoms in total. The monoisotopic (exact) mass is 274 g/mol. The minimum absolute atomic E-state index is 0.116. The molecule has 0 radical (unpaired) electrons. The molecular formula is C13H7F5O. The number of hydrogen-bond acceptors (Lipinski definition) is 1. The van der Waals surface area contributed by atoms with Crippen LogP contribution in [0.5, 0.6) is 5.75 Å². The smallest absolute Gasteiger partial charge is 0.174 e. The zero-order valence-corrected chi connectivity index (χ0v) is 9.39. The first-order chi connectivity index (χ1) is 9.06. The fourth-order valence-corrected chi connectivity index (χ4v) is 1.66. The van der Waals surface area contributed by atoms with Crippen LogP contribution in [0.15, 0.2) is 30.3 Å². The molecule has 2 aromatic carbocycles. The normalized spacial score (nSPS) is 10.6. The quantitative estimate of drug-likeness (QED) is 0.748. The predicted octanol–water partition coefficient (Wildman–Crippen LogP) is 4.50. The van der Waals surface area contributed by atoms with Crippen LogP contribution in [0.25, 0.3) is 11.1 Å². The summed E-state index contributed by atoms with van der Waals surface area (Å²) in [4.78, 5) is 3.33. The van der Waals surface area contributed by atoms with Crippen LogP contribution in [0, 0.1) is 17.5 Å². The Morgan fingerprint density at radius 3 is 2.00 bits per heavy atom. The molecule has 0 bridgehead atoms. The highest BCUT2D eigenvalue weighted by atomic mass is 19.3. The van der Waals surface area contributed by atoms with Crippen LogP contribution in [0.4, 0.5) is 22.1 Å². The number of benzene rings is 2. The topological polar surface area (TPSA) is 9.23 Å². The summed E-state index contributed by atoms with van der Waals surface area (Å²) in [5.41, 5.74) is -0.980. The van der Waals surface area contributed by atoms with Crippen LogP contribution in [-0.4, -0.2) is 0 Å². The maximum atomic E-state index is 13.6. The number of alkyl halides is 1. The Labute approximate surface area is 105 Å². The summed E-state index contributed by atoms with van der Waals surface area (Å²) in [7, 11) is 0. The summed E-state index contributed by atoms with van der Waals surface area (Å²) in [5, 5.41) is 0. The molecule has 0 N–H and O–H groups in total. The Morgan fingerprint density at radius 2 is 1.53 bits per heavy atom. The third-order valence-corrected chi connectivity index (χ3v) is 2.62. The van der Waals surface area contributed by atoms with E-state index in [1.807, 2.05) is 0 Å². The highest BCUT2D eigenvalue weighted by Crippen LogP contribution is 2.29. The maximum Gasteiger partial charge on any atom is 0.174 e. The summed E-state index contributed by atoms with van der Waals surface area (Å²) in [5.74, 6) is -3.50. The zero-order chi connectivity index (χ0) is 14.0. The van der Waals surface area contributed by atoms with E-state index in [9.17, 15) is 22.1 Å². The van der Waals surface area contributed by atoms with E-state index in [1.165, 1.54) is 0 Å². The van der Waals surface area contributed by atoms with Crippen molar-refractivity contribution in [1.29, 1.82) is 0 Å². The van der Waals surface area contributed by atoms with Crippen molar-refractivity contribution in [3.05, 3.63) is 53.3 Å². The highest BCUT2D eigenvalue weighted by Gasteiger charge is 2.14. The summed E-state index contributed by atoms with van der Waals surface area (Å²) in [6, 6.07) is 4.55. The summed E-state index contributed by atoms with van der Waals surface area (Å²) >= 11 is 0. The van der Waals surface area contributed by atoms with E-state index < -0.39 is 29.7 Å². The van der Waals surface area contributed by atoms with E-state index in [-0.39, 0.29) is 16.9 Å². The van der Waals surface area contributed by atoms with Gasteiger partial charge in [-0.05, 0) is 29.8 Å². The standard InChI is InChI=1S/C13H7F5O/c14-6-10-11(15)3-7(4-12(10)16)9-2-1-8(19-18)5-13(9)17/h1-5H,6H2. The average Bonchev–Trinajstić information content (AvgIpc) is 2.38. The molecule has 0 aliphatic rings. The molecular weight excluding hydrogens is 267 g/mol. The number of rotatable bonds is 3. The molecule has 0 heterocycles. The van der Waals surface area contributed by atoms with E-state index in [0.717, 1.165) is 30.3 Å². The van der Waals surface area contributed by atoms with Crippen molar-refractivity contribution in [3.8, 4) is 16.9 Å². The van der Waals surface area contributed by atoms with E-state index in [0.29, 0.717) is 0 Å². The fraction of sp³-hybridized carbons (Fsp3) is 0.0769. The van der Waals surface area contributed by atoms with Crippen molar-refractivity contribution in [2.75, 3.05) is 0 Å². The van der Waals surface area contributed by atoms with Gasteiger partial charge in [0.25, 0.3) is 0 Å². The molecule has 100 valence electrons. The van der Waals surface area contributed by atoms with Crippen LogP contribution in [-0.2, 0) is 6.67 Å². The minimum Gasteiger partial charge on any atom is -0.294 e. The number of hydrogen-bond donors (Lipinski definition) is 0. The van der Waals surface area contributed by atoms with Gasteiger partial charge in [-0.25, -0.2) is 17.6 Å². The van der Waals surface area contributed by atoms with Crippen molar-refractivity contribution in [1.82, 2.24) is 0 Å². The van der Waals surface area contributed by atoms with Crippen LogP contribution in [0.2, 0.25) is 0 Å². The first-order valence-electron chi connectivity index (χ1n) is 5.19. The summed E-state index contributed by atoms with van der Waals surface area (Å²) in [6.07, 6.45) is 0. The Bertz CT molecular complexity index is 589. The largest absolute Gasteiger partial charge is 0.294 e. The van der Waals surface area contributed by atoms with E-state index in [1.54, 1.807) is 0 Å². The van der Waals surface area contributed by atoms with E-state index >= 15 is 0 Å². The second kappa shape index (κ2) is 5.26. The van der Waals surface area contributed by atoms with Crippen molar-refractivity contribution in [2.24, 2.45) is 0 Å². The third kappa shape index (κ3) is 2.52. The van der Waals surface area contributed by atoms with Gasteiger partial charge in [-0.2, -0.15) is 0 Å². The first-order valence-corrected chi connectivity index (χ1v) is 5.19. The molecule has 0 aliphatic heterocycles. The van der Waals surface area contributed by atoms with Gasteiger partial charge in [0.2, 0.25) is 0 Å². The number of halogens is 5. The van der Waals surface area contributed by atoms with Gasteiger partial charge in [-0.3, -0.25) is 4.94 Å².